The van der Waals surface area contributed by atoms with E-state index < -0.39 is 6.09 Å². The molecule has 0 saturated carbocycles. The van der Waals surface area contributed by atoms with Gasteiger partial charge in [-0.3, -0.25) is 4.57 Å². The highest BCUT2D eigenvalue weighted by atomic mass is 35.5. The van der Waals surface area contributed by atoms with E-state index in [1.807, 2.05) is 23.7 Å². The van der Waals surface area contributed by atoms with Crippen LogP contribution in [0.25, 0.3) is 5.69 Å². The van der Waals surface area contributed by atoms with Crippen molar-refractivity contribution < 1.29 is 9.53 Å². The van der Waals surface area contributed by atoms with Crippen LogP contribution in [-0.4, -0.2) is 17.3 Å². The van der Waals surface area contributed by atoms with Crippen molar-refractivity contribution >= 4 is 29.0 Å². The Morgan fingerprint density at radius 1 is 1.44 bits per heavy atom. The van der Waals surface area contributed by atoms with Crippen LogP contribution in [0.1, 0.15) is 6.92 Å². The van der Waals surface area contributed by atoms with Crippen LogP contribution in [-0.2, 0) is 4.74 Å². The molecule has 0 fully saturated rings. The molecule has 0 atom stereocenters. The van der Waals surface area contributed by atoms with Gasteiger partial charge in [-0.15, -0.1) is 16.3 Å². The zero-order valence-electron chi connectivity index (χ0n) is 9.67. The van der Waals surface area contributed by atoms with Crippen molar-refractivity contribution in [2.75, 3.05) is 6.61 Å². The van der Waals surface area contributed by atoms with Gasteiger partial charge in [0.15, 0.2) is 0 Å². The third-order valence-corrected chi connectivity index (χ3v) is 3.16. The highest BCUT2D eigenvalue weighted by Crippen LogP contribution is 2.12. The molecule has 2 rings (SSSR count). The second-order valence-corrected chi connectivity index (χ2v) is 4.65. The number of rotatable bonds is 2. The van der Waals surface area contributed by atoms with Crippen molar-refractivity contribution in [3.05, 3.63) is 45.7 Å². The quantitative estimate of drug-likeness (QED) is 0.849. The smallest absolute Gasteiger partial charge is 0.436 e. The van der Waals surface area contributed by atoms with Crippen molar-refractivity contribution in [1.82, 2.24) is 4.57 Å². The van der Waals surface area contributed by atoms with Gasteiger partial charge < -0.3 is 4.74 Å². The molecule has 0 aliphatic rings. The lowest BCUT2D eigenvalue weighted by molar-refractivity contribution is 0.162. The maximum Gasteiger partial charge on any atom is 0.436 e. The van der Waals surface area contributed by atoms with Gasteiger partial charge in [-0.25, -0.2) is 4.79 Å². The maximum atomic E-state index is 11.3. The van der Waals surface area contributed by atoms with E-state index in [1.54, 1.807) is 23.6 Å². The van der Waals surface area contributed by atoms with E-state index in [2.05, 4.69) is 4.99 Å². The second-order valence-electron chi connectivity index (χ2n) is 3.34. The first-order chi connectivity index (χ1) is 8.70. The van der Waals surface area contributed by atoms with Gasteiger partial charge in [0.2, 0.25) is 4.80 Å². The number of thiazole rings is 1. The van der Waals surface area contributed by atoms with Gasteiger partial charge >= 0.3 is 6.09 Å². The molecule has 94 valence electrons. The molecule has 6 heteroatoms. The Hall–Kier alpha value is -1.59. The molecule has 1 aromatic carbocycles. The van der Waals surface area contributed by atoms with Crippen molar-refractivity contribution in [2.24, 2.45) is 4.99 Å². The summed E-state index contributed by atoms with van der Waals surface area (Å²) in [5.74, 6) is 0. The molecule has 0 bridgehead atoms. The number of hydrogen-bond donors (Lipinski definition) is 0. The average Bonchev–Trinajstić information content (AvgIpc) is 2.78. The van der Waals surface area contributed by atoms with E-state index in [9.17, 15) is 4.79 Å². The molecule has 0 aliphatic heterocycles. The van der Waals surface area contributed by atoms with E-state index >= 15 is 0 Å². The monoisotopic (exact) mass is 282 g/mol. The van der Waals surface area contributed by atoms with Crippen molar-refractivity contribution in [2.45, 2.75) is 6.92 Å². The lowest BCUT2D eigenvalue weighted by Gasteiger charge is -2.02. The summed E-state index contributed by atoms with van der Waals surface area (Å²) in [7, 11) is 0. The van der Waals surface area contributed by atoms with Crippen LogP contribution in [0.15, 0.2) is 40.8 Å². The summed E-state index contributed by atoms with van der Waals surface area (Å²) < 4.78 is 6.60. The minimum Gasteiger partial charge on any atom is -0.448 e. The molecular weight excluding hydrogens is 272 g/mol. The third kappa shape index (κ3) is 3.00. The first-order valence-corrected chi connectivity index (χ1v) is 6.60. The van der Waals surface area contributed by atoms with Gasteiger partial charge in [-0.05, 0) is 31.2 Å². The summed E-state index contributed by atoms with van der Waals surface area (Å²) in [4.78, 5) is 15.8. The van der Waals surface area contributed by atoms with Crippen molar-refractivity contribution in [3.8, 4) is 5.69 Å². The van der Waals surface area contributed by atoms with Crippen LogP contribution >= 0.6 is 22.9 Å². The Morgan fingerprint density at radius 2 is 2.17 bits per heavy atom. The molecule has 0 unspecified atom stereocenters. The van der Waals surface area contributed by atoms with E-state index in [-0.39, 0.29) is 0 Å². The molecule has 0 radical (unpaired) electrons. The molecule has 0 N–H and O–H groups in total. The fourth-order valence-corrected chi connectivity index (χ4v) is 2.22. The van der Waals surface area contributed by atoms with Gasteiger partial charge in [-0.2, -0.15) is 0 Å². The molecule has 0 spiro atoms. The summed E-state index contributed by atoms with van der Waals surface area (Å²) >= 11 is 7.20. The highest BCUT2D eigenvalue weighted by molar-refractivity contribution is 7.07. The van der Waals surface area contributed by atoms with Gasteiger partial charge in [0.1, 0.15) is 0 Å². The number of aromatic nitrogens is 1. The molecule has 1 aromatic heterocycles. The number of halogens is 1. The number of amides is 1. The highest BCUT2D eigenvalue weighted by Gasteiger charge is 2.02. The molecule has 18 heavy (non-hydrogen) atoms. The Morgan fingerprint density at radius 3 is 2.83 bits per heavy atom. The molecule has 2 aromatic rings. The Kier molecular flexibility index (Phi) is 4.17. The summed E-state index contributed by atoms with van der Waals surface area (Å²) in [6.45, 7) is 2.06. The Labute approximate surface area is 113 Å². The SMILES string of the molecule is CCOC(=O)N=c1sccn1-c1ccc(Cl)cc1. The summed E-state index contributed by atoms with van der Waals surface area (Å²) in [5, 5.41) is 2.52. The molecule has 4 nitrogen and oxygen atoms in total. The fraction of sp³-hybridized carbons (Fsp3) is 0.167. The largest absolute Gasteiger partial charge is 0.448 e. The van der Waals surface area contributed by atoms with Gasteiger partial charge in [0, 0.05) is 22.3 Å². The van der Waals surface area contributed by atoms with Gasteiger partial charge in [0.25, 0.3) is 0 Å². The average molecular weight is 283 g/mol. The lowest BCUT2D eigenvalue weighted by atomic mass is 10.3. The van der Waals surface area contributed by atoms with E-state index in [0.29, 0.717) is 16.4 Å². The Bertz CT molecular complexity index is 601. The van der Waals surface area contributed by atoms with Gasteiger partial charge in [0.05, 0.1) is 6.61 Å². The first-order valence-electron chi connectivity index (χ1n) is 5.34. The third-order valence-electron chi connectivity index (χ3n) is 2.15. The Balaban J connectivity index is 2.39. The van der Waals surface area contributed by atoms with Crippen molar-refractivity contribution in [3.63, 3.8) is 0 Å². The fourth-order valence-electron chi connectivity index (χ4n) is 1.38. The molecular formula is C12H11ClN2O2S. The van der Waals surface area contributed by atoms with E-state index in [4.69, 9.17) is 16.3 Å². The minimum absolute atomic E-state index is 0.314. The second kappa shape index (κ2) is 5.84. The predicted octanol–water partition coefficient (Wildman–Crippen LogP) is 3.25. The number of hydrogen-bond acceptors (Lipinski definition) is 3. The normalized spacial score (nSPS) is 11.6. The summed E-state index contributed by atoms with van der Waals surface area (Å²) in [6, 6.07) is 7.30. The minimum atomic E-state index is -0.581. The molecule has 1 amide bonds. The van der Waals surface area contributed by atoms with Crippen LogP contribution in [0.4, 0.5) is 4.79 Å². The van der Waals surface area contributed by atoms with E-state index in [0.717, 1.165) is 5.69 Å². The number of carbonyl (C=O) groups excluding carboxylic acids is 1. The van der Waals surface area contributed by atoms with Crippen LogP contribution < -0.4 is 4.80 Å². The zero-order valence-corrected chi connectivity index (χ0v) is 11.2. The molecule has 1 heterocycles. The van der Waals surface area contributed by atoms with Crippen LogP contribution in [0, 0.1) is 0 Å². The molecule has 0 aliphatic carbocycles. The number of nitrogens with zero attached hydrogens (tertiary/aromatic N) is 2. The van der Waals surface area contributed by atoms with Crippen LogP contribution in [0.2, 0.25) is 5.02 Å². The predicted molar refractivity (Wildman–Crippen MR) is 71.2 cm³/mol. The number of ether oxygens (including phenoxy) is 1. The summed E-state index contributed by atoms with van der Waals surface area (Å²) in [5.41, 5.74) is 0.892. The first kappa shape index (κ1) is 12.9. The van der Waals surface area contributed by atoms with Crippen molar-refractivity contribution in [1.29, 1.82) is 0 Å². The van der Waals surface area contributed by atoms with Gasteiger partial charge in [-0.1, -0.05) is 11.6 Å². The number of carbonyl (C=O) groups is 1. The molecule has 0 saturated heterocycles. The maximum absolute atomic E-state index is 11.3. The topological polar surface area (TPSA) is 43.6 Å². The standard InChI is InChI=1S/C12H11ClN2O2S/c1-2-17-12(16)14-11-15(7-8-18-11)10-5-3-9(13)4-6-10/h3-8H,2H2,1H3. The van der Waals surface area contributed by atoms with Crippen LogP contribution in [0.5, 0.6) is 0 Å². The number of benzene rings is 1. The van der Waals surface area contributed by atoms with Crippen LogP contribution in [0.3, 0.4) is 0 Å². The zero-order chi connectivity index (χ0) is 13.0. The summed E-state index contributed by atoms with van der Waals surface area (Å²) in [6.07, 6.45) is 1.26. The van der Waals surface area contributed by atoms with E-state index in [1.165, 1.54) is 11.3 Å². The lowest BCUT2D eigenvalue weighted by Crippen LogP contribution is -2.14.